The van der Waals surface area contributed by atoms with Crippen molar-refractivity contribution in [1.29, 1.82) is 0 Å². The molecule has 0 spiro atoms. The van der Waals surface area contributed by atoms with E-state index in [2.05, 4.69) is 52.3 Å². The molecule has 2 atom stereocenters. The third-order valence-corrected chi connectivity index (χ3v) is 7.43. The third kappa shape index (κ3) is 4.47. The first kappa shape index (κ1) is 20.8. The zero-order chi connectivity index (χ0) is 21.0. The monoisotopic (exact) mass is 420 g/mol. The summed E-state index contributed by atoms with van der Waals surface area (Å²) >= 11 is 0. The summed E-state index contributed by atoms with van der Waals surface area (Å²) in [5.41, 5.74) is 4.27. The zero-order valence-corrected chi connectivity index (χ0v) is 18.9. The summed E-state index contributed by atoms with van der Waals surface area (Å²) in [6, 6.07) is 15.9. The van der Waals surface area contributed by atoms with Crippen molar-refractivity contribution in [3.05, 3.63) is 59.2 Å². The van der Waals surface area contributed by atoms with Crippen LogP contribution in [-0.4, -0.2) is 56.2 Å². The fourth-order valence-electron chi connectivity index (χ4n) is 5.83. The Kier molecular flexibility index (Phi) is 6.47. The van der Waals surface area contributed by atoms with Crippen LogP contribution in [0.2, 0.25) is 0 Å². The Morgan fingerprint density at radius 2 is 1.77 bits per heavy atom. The van der Waals surface area contributed by atoms with Gasteiger partial charge in [0, 0.05) is 30.6 Å². The minimum Gasteiger partial charge on any atom is -0.497 e. The minimum absolute atomic E-state index is 0.355. The molecule has 2 saturated heterocycles. The maximum atomic E-state index is 6.47. The van der Waals surface area contributed by atoms with Crippen LogP contribution >= 0.6 is 0 Å². The molecule has 0 bridgehead atoms. The lowest BCUT2D eigenvalue weighted by Crippen LogP contribution is -2.35. The van der Waals surface area contributed by atoms with Gasteiger partial charge in [-0.15, -0.1) is 0 Å². The van der Waals surface area contributed by atoms with Crippen LogP contribution in [0, 0.1) is 0 Å². The van der Waals surface area contributed by atoms with E-state index in [1.54, 1.807) is 7.11 Å². The number of likely N-dealkylation sites (tertiary alicyclic amines) is 1. The Labute approximate surface area is 187 Å². The smallest absolute Gasteiger partial charge is 0.123 e. The van der Waals surface area contributed by atoms with Gasteiger partial charge in [-0.2, -0.15) is 0 Å². The van der Waals surface area contributed by atoms with E-state index in [0.29, 0.717) is 12.0 Å². The van der Waals surface area contributed by atoms with Gasteiger partial charge in [0.1, 0.15) is 11.5 Å². The molecule has 0 saturated carbocycles. The van der Waals surface area contributed by atoms with Gasteiger partial charge in [0.25, 0.3) is 0 Å². The first-order chi connectivity index (χ1) is 15.3. The number of ether oxygens (including phenoxy) is 2. The quantitative estimate of drug-likeness (QED) is 0.573. The van der Waals surface area contributed by atoms with Crippen molar-refractivity contribution in [2.45, 2.75) is 50.5 Å². The zero-order valence-electron chi connectivity index (χ0n) is 18.9. The van der Waals surface area contributed by atoms with Gasteiger partial charge < -0.3 is 14.4 Å². The van der Waals surface area contributed by atoms with E-state index in [4.69, 9.17) is 9.47 Å². The van der Waals surface area contributed by atoms with Gasteiger partial charge in [-0.25, -0.2) is 0 Å². The Balaban J connectivity index is 1.36. The van der Waals surface area contributed by atoms with Crippen LogP contribution in [0.4, 0.5) is 0 Å². The molecule has 3 aliphatic rings. The van der Waals surface area contributed by atoms with E-state index in [-0.39, 0.29) is 0 Å². The SMILES string of the molecule is COc1ccc(C2CN3CCCC3c3cccc(OCCCN4CCCCC4)c32)cc1. The molecule has 166 valence electrons. The van der Waals surface area contributed by atoms with Crippen LogP contribution in [0.5, 0.6) is 11.5 Å². The van der Waals surface area contributed by atoms with E-state index in [1.165, 1.54) is 68.4 Å². The van der Waals surface area contributed by atoms with E-state index in [1.807, 2.05) is 0 Å². The fourth-order valence-corrected chi connectivity index (χ4v) is 5.83. The first-order valence-electron chi connectivity index (χ1n) is 12.2. The number of piperidine rings is 1. The van der Waals surface area contributed by atoms with Crippen molar-refractivity contribution in [2.75, 3.05) is 46.4 Å². The number of benzene rings is 2. The van der Waals surface area contributed by atoms with Crippen LogP contribution in [-0.2, 0) is 0 Å². The van der Waals surface area contributed by atoms with Crippen molar-refractivity contribution in [3.63, 3.8) is 0 Å². The van der Waals surface area contributed by atoms with Gasteiger partial charge >= 0.3 is 0 Å². The molecule has 2 aromatic carbocycles. The summed E-state index contributed by atoms with van der Waals surface area (Å²) in [5, 5.41) is 0. The summed E-state index contributed by atoms with van der Waals surface area (Å²) in [7, 11) is 1.73. The second-order valence-corrected chi connectivity index (χ2v) is 9.34. The predicted molar refractivity (Wildman–Crippen MR) is 125 cm³/mol. The van der Waals surface area contributed by atoms with Crippen LogP contribution in [0.25, 0.3) is 0 Å². The third-order valence-electron chi connectivity index (χ3n) is 7.43. The lowest BCUT2D eigenvalue weighted by atomic mass is 9.81. The molecule has 0 aliphatic carbocycles. The van der Waals surface area contributed by atoms with Crippen molar-refractivity contribution < 1.29 is 9.47 Å². The molecule has 4 nitrogen and oxygen atoms in total. The fraction of sp³-hybridized carbons (Fsp3) is 0.556. The molecule has 5 rings (SSSR count). The van der Waals surface area contributed by atoms with Crippen LogP contribution < -0.4 is 9.47 Å². The summed E-state index contributed by atoms with van der Waals surface area (Å²) in [6.07, 6.45) is 7.77. The molecular formula is C27H36N2O2. The average molecular weight is 421 g/mol. The second-order valence-electron chi connectivity index (χ2n) is 9.34. The molecule has 2 unspecified atom stereocenters. The van der Waals surface area contributed by atoms with Crippen LogP contribution in [0.15, 0.2) is 42.5 Å². The molecule has 0 aromatic heterocycles. The first-order valence-corrected chi connectivity index (χ1v) is 12.2. The second kappa shape index (κ2) is 9.62. The van der Waals surface area contributed by atoms with E-state index < -0.39 is 0 Å². The van der Waals surface area contributed by atoms with Gasteiger partial charge in [-0.3, -0.25) is 4.90 Å². The predicted octanol–water partition coefficient (Wildman–Crippen LogP) is 5.23. The van der Waals surface area contributed by atoms with Gasteiger partial charge in [-0.05, 0) is 81.1 Å². The molecule has 2 fully saturated rings. The molecule has 0 N–H and O–H groups in total. The summed E-state index contributed by atoms with van der Waals surface area (Å²) < 4.78 is 11.9. The van der Waals surface area contributed by atoms with Crippen LogP contribution in [0.1, 0.15) is 67.2 Å². The minimum atomic E-state index is 0.355. The van der Waals surface area contributed by atoms with Crippen molar-refractivity contribution in [3.8, 4) is 11.5 Å². The highest BCUT2D eigenvalue weighted by Gasteiger charge is 2.38. The van der Waals surface area contributed by atoms with Gasteiger partial charge in [0.05, 0.1) is 13.7 Å². The lowest BCUT2D eigenvalue weighted by Gasteiger charge is -2.38. The largest absolute Gasteiger partial charge is 0.497 e. The van der Waals surface area contributed by atoms with Crippen molar-refractivity contribution in [1.82, 2.24) is 9.80 Å². The van der Waals surface area contributed by atoms with Gasteiger partial charge in [0.15, 0.2) is 0 Å². The van der Waals surface area contributed by atoms with E-state index in [0.717, 1.165) is 37.6 Å². The molecule has 3 heterocycles. The van der Waals surface area contributed by atoms with Gasteiger partial charge in [0.2, 0.25) is 0 Å². The molecule has 0 radical (unpaired) electrons. The number of hydrogen-bond donors (Lipinski definition) is 0. The highest BCUT2D eigenvalue weighted by Crippen LogP contribution is 2.47. The summed E-state index contributed by atoms with van der Waals surface area (Å²) in [4.78, 5) is 5.28. The standard InChI is InChI=1S/C27H36N2O2/c1-30-22-13-11-21(12-14-22)24-20-29-18-6-9-25(29)23-8-5-10-26(27(23)24)31-19-7-17-28-15-3-2-4-16-28/h5,8,10-14,24-25H,2-4,6-7,9,15-20H2,1H3. The Morgan fingerprint density at radius 1 is 0.935 bits per heavy atom. The number of fused-ring (bicyclic) bond motifs is 3. The normalized spacial score (nSPS) is 23.9. The highest BCUT2D eigenvalue weighted by atomic mass is 16.5. The van der Waals surface area contributed by atoms with E-state index in [9.17, 15) is 0 Å². The maximum absolute atomic E-state index is 6.47. The Bertz CT molecular complexity index is 860. The van der Waals surface area contributed by atoms with Crippen molar-refractivity contribution >= 4 is 0 Å². The highest BCUT2D eigenvalue weighted by molar-refractivity contribution is 5.51. The molecule has 2 aromatic rings. The number of hydrogen-bond acceptors (Lipinski definition) is 4. The summed E-state index contributed by atoms with van der Waals surface area (Å²) in [6.45, 7) is 6.77. The van der Waals surface area contributed by atoms with Gasteiger partial charge in [-0.1, -0.05) is 30.7 Å². The Hall–Kier alpha value is -2.04. The van der Waals surface area contributed by atoms with Crippen LogP contribution in [0.3, 0.4) is 0 Å². The molecule has 4 heteroatoms. The molecule has 0 amide bonds. The molecule has 31 heavy (non-hydrogen) atoms. The lowest BCUT2D eigenvalue weighted by molar-refractivity contribution is 0.200. The topological polar surface area (TPSA) is 24.9 Å². The van der Waals surface area contributed by atoms with Crippen molar-refractivity contribution in [2.24, 2.45) is 0 Å². The van der Waals surface area contributed by atoms with E-state index >= 15 is 0 Å². The molecular weight excluding hydrogens is 384 g/mol. The molecule has 3 aliphatic heterocycles. The maximum Gasteiger partial charge on any atom is 0.123 e. The average Bonchev–Trinajstić information content (AvgIpc) is 3.31. The number of nitrogens with zero attached hydrogens (tertiary/aromatic N) is 2. The Morgan fingerprint density at radius 3 is 2.58 bits per heavy atom. The number of methoxy groups -OCH3 is 1. The summed E-state index contributed by atoms with van der Waals surface area (Å²) in [5.74, 6) is 2.37. The number of rotatable bonds is 7.